The van der Waals surface area contributed by atoms with E-state index in [0.717, 1.165) is 10.1 Å². The molecular formula is C18H19ClN2O3S2. The van der Waals surface area contributed by atoms with Crippen LogP contribution in [0.15, 0.2) is 24.3 Å². The van der Waals surface area contributed by atoms with Crippen molar-refractivity contribution in [1.29, 1.82) is 0 Å². The average molecular weight is 411 g/mol. The average Bonchev–Trinajstić information content (AvgIpc) is 2.99. The Balaban J connectivity index is 1.60. The van der Waals surface area contributed by atoms with E-state index in [2.05, 4.69) is 5.32 Å². The Kier molecular flexibility index (Phi) is 6.11. The molecule has 1 aliphatic heterocycles. The Bertz CT molecular complexity index is 844. The highest BCUT2D eigenvalue weighted by Crippen LogP contribution is 2.35. The van der Waals surface area contributed by atoms with Crippen LogP contribution in [0.25, 0.3) is 10.1 Å². The summed E-state index contributed by atoms with van der Waals surface area (Å²) in [4.78, 5) is 26.7. The number of ether oxygens (including phenoxy) is 1. The van der Waals surface area contributed by atoms with Crippen LogP contribution in [0.1, 0.15) is 29.4 Å². The number of amides is 1. The highest BCUT2D eigenvalue weighted by Gasteiger charge is 2.28. The maximum absolute atomic E-state index is 12.6. The minimum atomic E-state index is -0.297. The molecule has 138 valence electrons. The molecule has 1 N–H and O–H groups in total. The van der Waals surface area contributed by atoms with Crippen LogP contribution in [0.5, 0.6) is 0 Å². The molecule has 0 bridgehead atoms. The number of thiocarbonyl (C=S) groups is 1. The zero-order chi connectivity index (χ0) is 18.7. The largest absolute Gasteiger partial charge is 0.466 e. The highest BCUT2D eigenvalue weighted by atomic mass is 35.5. The number of hydrogen-bond donors (Lipinski definition) is 1. The lowest BCUT2D eigenvalue weighted by molar-refractivity contribution is -0.149. The van der Waals surface area contributed by atoms with Crippen LogP contribution in [0.4, 0.5) is 0 Å². The quantitative estimate of drug-likeness (QED) is 0.615. The van der Waals surface area contributed by atoms with Crippen molar-refractivity contribution in [2.24, 2.45) is 5.92 Å². The number of piperidine rings is 1. The number of fused-ring (bicyclic) bond motifs is 1. The van der Waals surface area contributed by atoms with Crippen molar-refractivity contribution in [3.8, 4) is 0 Å². The molecule has 1 aliphatic rings. The van der Waals surface area contributed by atoms with Gasteiger partial charge in [0.25, 0.3) is 5.91 Å². The van der Waals surface area contributed by atoms with Gasteiger partial charge in [0.15, 0.2) is 5.11 Å². The Morgan fingerprint density at radius 3 is 2.69 bits per heavy atom. The molecule has 2 heterocycles. The highest BCUT2D eigenvalue weighted by molar-refractivity contribution is 7.80. The summed E-state index contributed by atoms with van der Waals surface area (Å²) in [7, 11) is 0. The monoisotopic (exact) mass is 410 g/mol. The molecule has 0 atom stereocenters. The molecular weight excluding hydrogens is 392 g/mol. The third-order valence-corrected chi connectivity index (χ3v) is 6.40. The van der Waals surface area contributed by atoms with E-state index in [1.54, 1.807) is 6.92 Å². The number of rotatable bonds is 3. The number of nitrogens with zero attached hydrogens (tertiary/aromatic N) is 1. The zero-order valence-corrected chi connectivity index (χ0v) is 16.7. The van der Waals surface area contributed by atoms with Crippen molar-refractivity contribution >= 4 is 62.2 Å². The molecule has 2 aromatic rings. The fraction of sp³-hybridized carbons (Fsp3) is 0.389. The van der Waals surface area contributed by atoms with Gasteiger partial charge in [0.05, 0.1) is 17.5 Å². The Morgan fingerprint density at radius 1 is 1.35 bits per heavy atom. The van der Waals surface area contributed by atoms with E-state index in [9.17, 15) is 9.59 Å². The summed E-state index contributed by atoms with van der Waals surface area (Å²) in [6.07, 6.45) is 1.33. The summed E-state index contributed by atoms with van der Waals surface area (Å²) < 4.78 is 6.03. The first-order valence-corrected chi connectivity index (χ1v) is 10.1. The van der Waals surface area contributed by atoms with E-state index in [1.807, 2.05) is 29.2 Å². The fourth-order valence-electron chi connectivity index (χ4n) is 2.97. The predicted octanol–water partition coefficient (Wildman–Crippen LogP) is 3.84. The SMILES string of the molecule is CCOC(=O)C1CCN(C(=S)NC(=O)c2sc3ccccc3c2Cl)CC1. The number of halogens is 1. The summed E-state index contributed by atoms with van der Waals surface area (Å²) in [6, 6.07) is 7.63. The van der Waals surface area contributed by atoms with Gasteiger partial charge >= 0.3 is 5.97 Å². The molecule has 1 fully saturated rings. The molecule has 0 aliphatic carbocycles. The molecule has 1 amide bonds. The number of esters is 1. The summed E-state index contributed by atoms with van der Waals surface area (Å²) in [5, 5.41) is 4.45. The maximum Gasteiger partial charge on any atom is 0.309 e. The summed E-state index contributed by atoms with van der Waals surface area (Å²) >= 11 is 13.1. The van der Waals surface area contributed by atoms with Gasteiger partial charge in [-0.3, -0.25) is 14.9 Å². The number of thiophene rings is 1. The standard InChI is InChI=1S/C18H19ClN2O3S2/c1-2-24-17(23)11-7-9-21(10-8-11)18(25)20-16(22)15-14(19)12-5-3-4-6-13(12)26-15/h3-6,11H,2,7-10H2,1H3,(H,20,22,25). The second kappa shape index (κ2) is 8.33. The number of hydrogen-bond acceptors (Lipinski definition) is 5. The lowest BCUT2D eigenvalue weighted by Crippen LogP contribution is -2.47. The van der Waals surface area contributed by atoms with Crippen LogP contribution >= 0.6 is 35.2 Å². The van der Waals surface area contributed by atoms with Crippen molar-refractivity contribution < 1.29 is 14.3 Å². The van der Waals surface area contributed by atoms with Crippen molar-refractivity contribution in [2.45, 2.75) is 19.8 Å². The van der Waals surface area contributed by atoms with Gasteiger partial charge in [0, 0.05) is 23.2 Å². The third-order valence-electron chi connectivity index (χ3n) is 4.36. The second-order valence-electron chi connectivity index (χ2n) is 6.01. The third kappa shape index (κ3) is 4.00. The Labute approximate surface area is 166 Å². The molecule has 1 saturated heterocycles. The van der Waals surface area contributed by atoms with Crippen LogP contribution in [0.2, 0.25) is 5.02 Å². The summed E-state index contributed by atoms with van der Waals surface area (Å²) in [5.41, 5.74) is 0. The molecule has 0 saturated carbocycles. The first-order valence-electron chi connectivity index (χ1n) is 8.45. The minimum Gasteiger partial charge on any atom is -0.466 e. The van der Waals surface area contributed by atoms with E-state index < -0.39 is 0 Å². The van der Waals surface area contributed by atoms with Gasteiger partial charge in [-0.05, 0) is 38.0 Å². The van der Waals surface area contributed by atoms with E-state index in [1.165, 1.54) is 11.3 Å². The zero-order valence-electron chi connectivity index (χ0n) is 14.3. The second-order valence-corrected chi connectivity index (χ2v) is 7.83. The summed E-state index contributed by atoms with van der Waals surface area (Å²) in [6.45, 7) is 3.42. The van der Waals surface area contributed by atoms with Gasteiger partial charge in [0.2, 0.25) is 0 Å². The molecule has 0 unspecified atom stereocenters. The van der Waals surface area contributed by atoms with Crippen LogP contribution in [-0.4, -0.2) is 41.6 Å². The van der Waals surface area contributed by atoms with E-state index in [-0.39, 0.29) is 17.8 Å². The van der Waals surface area contributed by atoms with Gasteiger partial charge in [-0.2, -0.15) is 0 Å². The number of carbonyl (C=O) groups excluding carboxylic acids is 2. The van der Waals surface area contributed by atoms with Gasteiger partial charge < -0.3 is 9.64 Å². The smallest absolute Gasteiger partial charge is 0.309 e. The Hall–Kier alpha value is -1.70. The van der Waals surface area contributed by atoms with Crippen molar-refractivity contribution in [3.63, 3.8) is 0 Å². The Morgan fingerprint density at radius 2 is 2.04 bits per heavy atom. The predicted molar refractivity (Wildman–Crippen MR) is 108 cm³/mol. The number of benzene rings is 1. The molecule has 3 rings (SSSR count). The molecule has 0 spiro atoms. The fourth-order valence-corrected chi connectivity index (χ4v) is 4.66. The number of carbonyl (C=O) groups is 2. The maximum atomic E-state index is 12.6. The van der Waals surface area contributed by atoms with Crippen LogP contribution in [0, 0.1) is 5.92 Å². The molecule has 1 aromatic heterocycles. The van der Waals surface area contributed by atoms with Crippen molar-refractivity contribution in [1.82, 2.24) is 10.2 Å². The van der Waals surface area contributed by atoms with Crippen molar-refractivity contribution in [3.05, 3.63) is 34.2 Å². The van der Waals surface area contributed by atoms with Gasteiger partial charge in [0.1, 0.15) is 4.88 Å². The first kappa shape index (κ1) is 19.1. The normalized spacial score (nSPS) is 15.1. The first-order chi connectivity index (χ1) is 12.5. The number of nitrogens with one attached hydrogen (secondary N) is 1. The van der Waals surface area contributed by atoms with E-state index in [0.29, 0.717) is 47.6 Å². The van der Waals surface area contributed by atoms with Crippen molar-refractivity contribution in [2.75, 3.05) is 19.7 Å². The lowest BCUT2D eigenvalue weighted by Gasteiger charge is -2.32. The van der Waals surface area contributed by atoms with Gasteiger partial charge in [-0.25, -0.2) is 0 Å². The van der Waals surface area contributed by atoms with E-state index >= 15 is 0 Å². The van der Waals surface area contributed by atoms with Gasteiger partial charge in [-0.15, -0.1) is 11.3 Å². The molecule has 1 aromatic carbocycles. The molecule has 8 heteroatoms. The molecule has 26 heavy (non-hydrogen) atoms. The molecule has 5 nitrogen and oxygen atoms in total. The van der Waals surface area contributed by atoms with Crippen LogP contribution in [0.3, 0.4) is 0 Å². The van der Waals surface area contributed by atoms with E-state index in [4.69, 9.17) is 28.6 Å². The topological polar surface area (TPSA) is 58.6 Å². The number of likely N-dealkylation sites (tertiary alicyclic amines) is 1. The minimum absolute atomic E-state index is 0.0956. The molecule has 0 radical (unpaired) electrons. The van der Waals surface area contributed by atoms with Crippen LogP contribution < -0.4 is 5.32 Å². The lowest BCUT2D eigenvalue weighted by atomic mass is 9.97. The van der Waals surface area contributed by atoms with Gasteiger partial charge in [-0.1, -0.05) is 29.8 Å². The van der Waals surface area contributed by atoms with Crippen LogP contribution in [-0.2, 0) is 9.53 Å². The summed E-state index contributed by atoms with van der Waals surface area (Å²) in [5.74, 6) is -0.547.